The molecule has 2 atom stereocenters. The van der Waals surface area contributed by atoms with Gasteiger partial charge in [0.15, 0.2) is 5.78 Å². The first-order chi connectivity index (χ1) is 15.0. The average Bonchev–Trinajstić information content (AvgIpc) is 3.49. The predicted octanol–water partition coefficient (Wildman–Crippen LogP) is 5.50. The van der Waals surface area contributed by atoms with E-state index in [0.717, 1.165) is 49.3 Å². The molecule has 3 aliphatic rings. The summed E-state index contributed by atoms with van der Waals surface area (Å²) in [6, 6.07) is 7.89. The molecule has 0 amide bonds. The van der Waals surface area contributed by atoms with Crippen molar-refractivity contribution in [3.63, 3.8) is 0 Å². The standard InChI is InChI=1S/C25H27NO4S/c1-14-9-10-20(29-14)24-22(25(28)30-17-6-3-4-7-17)15(2)26-18-12-16(13-19(27)23(18)24)21-8-5-11-31-21/h5,8-11,16-17,24,26H,3-4,6-7,12-13H2,1-2H3/t16-,24+/m1/s1. The van der Waals surface area contributed by atoms with Crippen LogP contribution in [0.3, 0.4) is 0 Å². The molecule has 0 bridgehead atoms. The molecule has 3 heterocycles. The number of carbonyl (C=O) groups is 2. The quantitative estimate of drug-likeness (QED) is 0.640. The van der Waals surface area contributed by atoms with E-state index in [0.29, 0.717) is 23.3 Å². The zero-order valence-corrected chi connectivity index (χ0v) is 18.7. The number of Topliss-reactive ketones (excluding diaryl/α,β-unsaturated/α-hetero) is 1. The molecular formula is C25H27NO4S. The Morgan fingerprint density at radius 2 is 1.97 bits per heavy atom. The smallest absolute Gasteiger partial charge is 0.337 e. The number of allylic oxidation sites excluding steroid dienone is 3. The molecule has 6 heteroatoms. The van der Waals surface area contributed by atoms with E-state index in [-0.39, 0.29) is 23.8 Å². The zero-order valence-electron chi connectivity index (χ0n) is 17.9. The van der Waals surface area contributed by atoms with Crippen molar-refractivity contribution >= 4 is 23.1 Å². The van der Waals surface area contributed by atoms with E-state index >= 15 is 0 Å². The van der Waals surface area contributed by atoms with Crippen LogP contribution in [0.4, 0.5) is 0 Å². The molecule has 0 unspecified atom stereocenters. The van der Waals surface area contributed by atoms with Crippen LogP contribution in [-0.4, -0.2) is 17.9 Å². The maximum absolute atomic E-state index is 13.4. The monoisotopic (exact) mass is 437 g/mol. The Balaban J connectivity index is 1.53. The Morgan fingerprint density at radius 3 is 2.65 bits per heavy atom. The Kier molecular flexibility index (Phi) is 5.34. The van der Waals surface area contributed by atoms with E-state index in [4.69, 9.17) is 9.15 Å². The first-order valence-corrected chi connectivity index (χ1v) is 11.9. The Hall–Kier alpha value is -2.60. The van der Waals surface area contributed by atoms with Crippen LogP contribution in [0, 0.1) is 6.92 Å². The summed E-state index contributed by atoms with van der Waals surface area (Å²) in [5, 5.41) is 5.45. The summed E-state index contributed by atoms with van der Waals surface area (Å²) in [7, 11) is 0. The van der Waals surface area contributed by atoms with Gasteiger partial charge in [0.1, 0.15) is 17.6 Å². The second kappa shape index (κ2) is 8.15. The number of furan rings is 1. The summed E-state index contributed by atoms with van der Waals surface area (Å²) < 4.78 is 11.8. The van der Waals surface area contributed by atoms with Crippen molar-refractivity contribution in [1.29, 1.82) is 0 Å². The van der Waals surface area contributed by atoms with Crippen LogP contribution in [0.2, 0.25) is 0 Å². The topological polar surface area (TPSA) is 68.5 Å². The van der Waals surface area contributed by atoms with E-state index in [1.807, 2.05) is 32.0 Å². The fourth-order valence-corrected chi connectivity index (χ4v) is 5.98. The van der Waals surface area contributed by atoms with E-state index in [2.05, 4.69) is 16.8 Å². The third-order valence-electron chi connectivity index (χ3n) is 6.61. The summed E-state index contributed by atoms with van der Waals surface area (Å²) in [4.78, 5) is 28.0. The van der Waals surface area contributed by atoms with Gasteiger partial charge in [0.05, 0.1) is 11.5 Å². The lowest BCUT2D eigenvalue weighted by molar-refractivity contribution is -0.144. The van der Waals surface area contributed by atoms with Crippen molar-refractivity contribution in [1.82, 2.24) is 5.32 Å². The second-order valence-electron chi connectivity index (χ2n) is 8.79. The molecule has 2 aromatic heterocycles. The molecule has 0 radical (unpaired) electrons. The molecule has 0 spiro atoms. The van der Waals surface area contributed by atoms with Crippen molar-refractivity contribution < 1.29 is 18.7 Å². The van der Waals surface area contributed by atoms with Gasteiger partial charge >= 0.3 is 5.97 Å². The fraction of sp³-hybridized carbons (Fsp3) is 0.440. The summed E-state index contributed by atoms with van der Waals surface area (Å²) in [5.74, 6) is 0.775. The zero-order chi connectivity index (χ0) is 21.5. The number of esters is 1. The van der Waals surface area contributed by atoms with Crippen molar-refractivity contribution in [2.24, 2.45) is 0 Å². The number of thiophene rings is 1. The predicted molar refractivity (Wildman–Crippen MR) is 119 cm³/mol. The number of nitrogens with one attached hydrogen (secondary N) is 1. The maximum atomic E-state index is 13.4. The minimum Gasteiger partial charge on any atom is -0.465 e. The van der Waals surface area contributed by atoms with Gasteiger partial charge in [-0.1, -0.05) is 6.07 Å². The number of ketones is 1. The van der Waals surface area contributed by atoms with Gasteiger partial charge in [-0.15, -0.1) is 11.3 Å². The van der Waals surface area contributed by atoms with Crippen LogP contribution in [0.15, 0.2) is 56.6 Å². The normalized spacial score (nSPS) is 24.4. The molecule has 2 aromatic rings. The lowest BCUT2D eigenvalue weighted by Crippen LogP contribution is -2.36. The number of aryl methyl sites for hydroxylation is 1. The van der Waals surface area contributed by atoms with Crippen LogP contribution >= 0.6 is 11.3 Å². The van der Waals surface area contributed by atoms with Gasteiger partial charge in [-0.2, -0.15) is 0 Å². The highest BCUT2D eigenvalue weighted by Crippen LogP contribution is 2.46. The molecule has 2 aliphatic carbocycles. The highest BCUT2D eigenvalue weighted by molar-refractivity contribution is 7.10. The number of hydrogen-bond donors (Lipinski definition) is 1. The number of dihydropyridines is 1. The van der Waals surface area contributed by atoms with Gasteiger partial charge in [-0.05, 0) is 69.5 Å². The van der Waals surface area contributed by atoms with Crippen molar-refractivity contribution in [2.75, 3.05) is 0 Å². The van der Waals surface area contributed by atoms with E-state index < -0.39 is 5.92 Å². The Morgan fingerprint density at radius 1 is 1.16 bits per heavy atom. The first-order valence-electron chi connectivity index (χ1n) is 11.1. The summed E-state index contributed by atoms with van der Waals surface area (Å²) in [6.07, 6.45) is 5.16. The second-order valence-corrected chi connectivity index (χ2v) is 9.77. The van der Waals surface area contributed by atoms with Crippen LogP contribution in [0.5, 0.6) is 0 Å². The highest BCUT2D eigenvalue weighted by Gasteiger charge is 2.43. The molecule has 5 rings (SSSR count). The molecule has 31 heavy (non-hydrogen) atoms. The number of hydrogen-bond acceptors (Lipinski definition) is 6. The van der Waals surface area contributed by atoms with Crippen LogP contribution < -0.4 is 5.32 Å². The minimum atomic E-state index is -0.518. The molecule has 1 fully saturated rings. The van der Waals surface area contributed by atoms with E-state index in [9.17, 15) is 9.59 Å². The number of carbonyl (C=O) groups excluding carboxylic acids is 2. The molecule has 1 N–H and O–H groups in total. The highest BCUT2D eigenvalue weighted by atomic mass is 32.1. The third-order valence-corrected chi connectivity index (χ3v) is 7.65. The number of ether oxygens (including phenoxy) is 1. The summed E-state index contributed by atoms with van der Waals surface area (Å²) in [5.41, 5.74) is 2.82. The van der Waals surface area contributed by atoms with Crippen molar-refractivity contribution in [3.05, 3.63) is 68.6 Å². The molecule has 162 valence electrons. The van der Waals surface area contributed by atoms with Gasteiger partial charge in [-0.3, -0.25) is 4.79 Å². The van der Waals surface area contributed by atoms with E-state index in [1.165, 1.54) is 4.88 Å². The molecule has 5 nitrogen and oxygen atoms in total. The summed E-state index contributed by atoms with van der Waals surface area (Å²) in [6.45, 7) is 3.78. The first kappa shape index (κ1) is 20.3. The van der Waals surface area contributed by atoms with Crippen molar-refractivity contribution in [2.45, 2.75) is 70.3 Å². The SMILES string of the molecule is CC1=C(C(=O)OC2CCCC2)[C@H](c2ccc(C)o2)C2=C(C[C@@H](c3cccs3)CC2=O)N1. The van der Waals surface area contributed by atoms with Gasteiger partial charge in [-0.25, -0.2) is 4.79 Å². The lowest BCUT2D eigenvalue weighted by Gasteiger charge is -2.35. The van der Waals surface area contributed by atoms with Crippen molar-refractivity contribution in [3.8, 4) is 0 Å². The lowest BCUT2D eigenvalue weighted by atomic mass is 9.74. The van der Waals surface area contributed by atoms with Crippen LogP contribution in [-0.2, 0) is 14.3 Å². The average molecular weight is 438 g/mol. The molecule has 0 saturated heterocycles. The van der Waals surface area contributed by atoms with Gasteiger partial charge < -0.3 is 14.5 Å². The maximum Gasteiger partial charge on any atom is 0.337 e. The Labute approximate surface area is 186 Å². The van der Waals surface area contributed by atoms with Gasteiger partial charge in [0, 0.05) is 34.2 Å². The Bertz CT molecular complexity index is 1070. The fourth-order valence-electron chi connectivity index (χ4n) is 5.15. The molecule has 0 aromatic carbocycles. The van der Waals surface area contributed by atoms with Gasteiger partial charge in [0.2, 0.25) is 0 Å². The van der Waals surface area contributed by atoms with Gasteiger partial charge in [0.25, 0.3) is 0 Å². The molecular weight excluding hydrogens is 410 g/mol. The third kappa shape index (κ3) is 3.78. The largest absolute Gasteiger partial charge is 0.465 e. The summed E-state index contributed by atoms with van der Waals surface area (Å²) >= 11 is 1.69. The number of rotatable bonds is 4. The minimum absolute atomic E-state index is 0.0348. The molecule has 1 aliphatic heterocycles. The van der Waals surface area contributed by atoms with Crippen LogP contribution in [0.1, 0.15) is 73.7 Å². The van der Waals surface area contributed by atoms with E-state index in [1.54, 1.807) is 11.3 Å². The molecule has 1 saturated carbocycles. The van der Waals surface area contributed by atoms with Crippen LogP contribution in [0.25, 0.3) is 0 Å².